The van der Waals surface area contributed by atoms with Gasteiger partial charge in [-0.25, -0.2) is 4.39 Å². The molecule has 0 bridgehead atoms. The van der Waals surface area contributed by atoms with E-state index in [4.69, 9.17) is 0 Å². The zero-order valence-electron chi connectivity index (χ0n) is 8.80. The molecule has 0 heterocycles. The summed E-state index contributed by atoms with van der Waals surface area (Å²) >= 11 is 3.17. The summed E-state index contributed by atoms with van der Waals surface area (Å²) in [6.07, 6.45) is 4.39. The van der Waals surface area contributed by atoms with Gasteiger partial charge in [-0.3, -0.25) is 4.79 Å². The van der Waals surface area contributed by atoms with E-state index >= 15 is 0 Å². The molecule has 4 heteroatoms. The van der Waals surface area contributed by atoms with Crippen LogP contribution in [0.15, 0.2) is 22.7 Å². The van der Waals surface area contributed by atoms with Crippen LogP contribution < -0.4 is 5.32 Å². The van der Waals surface area contributed by atoms with Crippen molar-refractivity contribution in [2.24, 2.45) is 0 Å². The summed E-state index contributed by atoms with van der Waals surface area (Å²) in [7, 11) is 0. The summed E-state index contributed by atoms with van der Waals surface area (Å²) in [6, 6.07) is 4.49. The molecule has 1 fully saturated rings. The number of amides is 1. The van der Waals surface area contributed by atoms with Gasteiger partial charge < -0.3 is 5.32 Å². The maximum Gasteiger partial charge on any atom is 0.251 e. The predicted molar refractivity (Wildman–Crippen MR) is 63.8 cm³/mol. The second-order valence-corrected chi connectivity index (χ2v) is 5.03. The first-order chi connectivity index (χ1) is 7.65. The molecule has 1 aliphatic rings. The zero-order chi connectivity index (χ0) is 11.5. The number of hydrogen-bond acceptors (Lipinski definition) is 1. The van der Waals surface area contributed by atoms with Crippen molar-refractivity contribution in [3.63, 3.8) is 0 Å². The van der Waals surface area contributed by atoms with E-state index in [1.54, 1.807) is 6.07 Å². The molecule has 86 valence electrons. The maximum atomic E-state index is 13.1. The van der Waals surface area contributed by atoms with Gasteiger partial charge in [-0.1, -0.05) is 28.8 Å². The molecule has 0 spiro atoms. The molecule has 1 aromatic carbocycles. The van der Waals surface area contributed by atoms with Crippen LogP contribution >= 0.6 is 15.9 Å². The summed E-state index contributed by atoms with van der Waals surface area (Å²) in [4.78, 5) is 11.8. The summed E-state index contributed by atoms with van der Waals surface area (Å²) in [6.45, 7) is 0. The van der Waals surface area contributed by atoms with Gasteiger partial charge in [-0.2, -0.15) is 0 Å². The fraction of sp³-hybridized carbons (Fsp3) is 0.417. The Labute approximate surface area is 102 Å². The number of hydrogen-bond donors (Lipinski definition) is 1. The van der Waals surface area contributed by atoms with Gasteiger partial charge in [0.05, 0.1) is 0 Å². The molecular weight excluding hydrogens is 273 g/mol. The Kier molecular flexibility index (Phi) is 3.59. The second-order valence-electron chi connectivity index (χ2n) is 4.11. The molecule has 1 aliphatic carbocycles. The van der Waals surface area contributed by atoms with E-state index in [0.717, 1.165) is 25.7 Å². The standard InChI is InChI=1S/C12H13BrFNO/c13-9-5-8(6-10(14)7-9)12(16)15-11-3-1-2-4-11/h5-7,11H,1-4H2,(H,15,16). The van der Waals surface area contributed by atoms with E-state index in [1.807, 2.05) is 0 Å². The van der Waals surface area contributed by atoms with Crippen molar-refractivity contribution in [2.75, 3.05) is 0 Å². The molecule has 1 saturated carbocycles. The lowest BCUT2D eigenvalue weighted by molar-refractivity contribution is 0.0937. The first kappa shape index (κ1) is 11.6. The Balaban J connectivity index is 2.07. The molecule has 1 aromatic rings. The molecule has 16 heavy (non-hydrogen) atoms. The first-order valence-corrected chi connectivity index (χ1v) is 6.21. The van der Waals surface area contributed by atoms with Crippen LogP contribution in [0.2, 0.25) is 0 Å². The third kappa shape index (κ3) is 2.82. The Morgan fingerprint density at radius 1 is 1.31 bits per heavy atom. The molecular formula is C12H13BrFNO. The van der Waals surface area contributed by atoms with Crippen LogP contribution in [-0.2, 0) is 0 Å². The minimum absolute atomic E-state index is 0.188. The van der Waals surface area contributed by atoms with Crippen molar-refractivity contribution < 1.29 is 9.18 Å². The minimum Gasteiger partial charge on any atom is -0.349 e. The number of carbonyl (C=O) groups excluding carboxylic acids is 1. The number of halogens is 2. The van der Waals surface area contributed by atoms with Gasteiger partial charge >= 0.3 is 0 Å². The Morgan fingerprint density at radius 3 is 2.62 bits per heavy atom. The lowest BCUT2D eigenvalue weighted by atomic mass is 10.2. The van der Waals surface area contributed by atoms with Crippen molar-refractivity contribution in [3.05, 3.63) is 34.1 Å². The van der Waals surface area contributed by atoms with E-state index < -0.39 is 5.82 Å². The van der Waals surface area contributed by atoms with Gasteiger partial charge in [0, 0.05) is 16.1 Å². The van der Waals surface area contributed by atoms with Gasteiger partial charge in [0.25, 0.3) is 5.91 Å². The summed E-state index contributed by atoms with van der Waals surface area (Å²) in [5, 5.41) is 2.92. The molecule has 0 aromatic heterocycles. The SMILES string of the molecule is O=C(NC1CCCC1)c1cc(F)cc(Br)c1. The quantitative estimate of drug-likeness (QED) is 0.888. The molecule has 1 amide bonds. The average Bonchev–Trinajstić information content (AvgIpc) is 2.68. The smallest absolute Gasteiger partial charge is 0.251 e. The Hall–Kier alpha value is -0.900. The van der Waals surface area contributed by atoms with Gasteiger partial charge in [0.1, 0.15) is 5.82 Å². The van der Waals surface area contributed by atoms with Crippen molar-refractivity contribution in [1.82, 2.24) is 5.32 Å². The number of carbonyl (C=O) groups is 1. The van der Waals surface area contributed by atoms with E-state index in [0.29, 0.717) is 10.0 Å². The van der Waals surface area contributed by atoms with Gasteiger partial charge in [0.2, 0.25) is 0 Å². The van der Waals surface area contributed by atoms with Crippen molar-refractivity contribution in [3.8, 4) is 0 Å². The van der Waals surface area contributed by atoms with Crippen molar-refractivity contribution in [2.45, 2.75) is 31.7 Å². The molecule has 2 rings (SSSR count). The highest BCUT2D eigenvalue weighted by atomic mass is 79.9. The first-order valence-electron chi connectivity index (χ1n) is 5.42. The zero-order valence-corrected chi connectivity index (χ0v) is 10.4. The Bertz CT molecular complexity index is 382. The van der Waals surface area contributed by atoms with E-state index in [1.165, 1.54) is 12.1 Å². The second kappa shape index (κ2) is 4.95. The maximum absolute atomic E-state index is 13.1. The molecule has 0 atom stereocenters. The molecule has 0 saturated heterocycles. The van der Waals surface area contributed by atoms with E-state index in [9.17, 15) is 9.18 Å². The number of rotatable bonds is 2. The number of nitrogens with one attached hydrogen (secondary N) is 1. The fourth-order valence-electron chi connectivity index (χ4n) is 2.02. The van der Waals surface area contributed by atoms with Crippen LogP contribution in [0, 0.1) is 5.82 Å². The van der Waals surface area contributed by atoms with Crippen molar-refractivity contribution in [1.29, 1.82) is 0 Å². The summed E-state index contributed by atoms with van der Waals surface area (Å²) in [5.74, 6) is -0.585. The monoisotopic (exact) mass is 285 g/mol. The Morgan fingerprint density at radius 2 is 2.00 bits per heavy atom. The van der Waals surface area contributed by atoms with Crippen LogP contribution in [-0.4, -0.2) is 11.9 Å². The predicted octanol–water partition coefficient (Wildman–Crippen LogP) is 3.26. The van der Waals surface area contributed by atoms with E-state index in [-0.39, 0.29) is 11.9 Å². The summed E-state index contributed by atoms with van der Waals surface area (Å²) in [5.41, 5.74) is 0.374. The van der Waals surface area contributed by atoms with Crippen molar-refractivity contribution >= 4 is 21.8 Å². The topological polar surface area (TPSA) is 29.1 Å². The molecule has 0 aliphatic heterocycles. The van der Waals surface area contributed by atoms with Crippen LogP contribution in [0.5, 0.6) is 0 Å². The molecule has 2 nitrogen and oxygen atoms in total. The van der Waals surface area contributed by atoms with Gasteiger partial charge in [-0.15, -0.1) is 0 Å². The molecule has 0 radical (unpaired) electrons. The summed E-state index contributed by atoms with van der Waals surface area (Å²) < 4.78 is 13.7. The highest BCUT2D eigenvalue weighted by molar-refractivity contribution is 9.10. The number of benzene rings is 1. The third-order valence-corrected chi connectivity index (χ3v) is 3.27. The third-order valence-electron chi connectivity index (χ3n) is 2.82. The largest absolute Gasteiger partial charge is 0.349 e. The van der Waals surface area contributed by atoms with E-state index in [2.05, 4.69) is 21.2 Å². The highest BCUT2D eigenvalue weighted by Gasteiger charge is 2.18. The van der Waals surface area contributed by atoms with Gasteiger partial charge in [0.15, 0.2) is 0 Å². The normalized spacial score (nSPS) is 16.4. The molecule has 1 N–H and O–H groups in total. The van der Waals surface area contributed by atoms with Crippen LogP contribution in [0.4, 0.5) is 4.39 Å². The lowest BCUT2D eigenvalue weighted by Crippen LogP contribution is -2.32. The van der Waals surface area contributed by atoms with Crippen LogP contribution in [0.25, 0.3) is 0 Å². The lowest BCUT2D eigenvalue weighted by Gasteiger charge is -2.11. The molecule has 0 unspecified atom stereocenters. The van der Waals surface area contributed by atoms with Crippen LogP contribution in [0.1, 0.15) is 36.0 Å². The fourth-order valence-corrected chi connectivity index (χ4v) is 2.49. The van der Waals surface area contributed by atoms with Crippen LogP contribution in [0.3, 0.4) is 0 Å². The highest BCUT2D eigenvalue weighted by Crippen LogP contribution is 2.19. The minimum atomic E-state index is -0.397. The average molecular weight is 286 g/mol. The van der Waals surface area contributed by atoms with Gasteiger partial charge in [-0.05, 0) is 31.0 Å².